The molecule has 0 amide bonds. The first kappa shape index (κ1) is 14.3. The van der Waals surface area contributed by atoms with Crippen LogP contribution < -0.4 is 4.74 Å². The fraction of sp³-hybridized carbons (Fsp3) is 0.316. The highest BCUT2D eigenvalue weighted by molar-refractivity contribution is 5.76. The van der Waals surface area contributed by atoms with E-state index in [4.69, 9.17) is 9.72 Å². The predicted octanol–water partition coefficient (Wildman–Crippen LogP) is 3.69. The highest BCUT2D eigenvalue weighted by atomic mass is 16.5. The summed E-state index contributed by atoms with van der Waals surface area (Å²) in [4.78, 5) is 10.7. The minimum Gasteiger partial charge on any atom is -0.497 e. The van der Waals surface area contributed by atoms with E-state index in [-0.39, 0.29) is 6.04 Å². The first-order valence-electron chi connectivity index (χ1n) is 8.09. The van der Waals surface area contributed by atoms with Crippen molar-refractivity contribution < 1.29 is 4.74 Å². The number of nitrogens with zero attached hydrogens (tertiary/aromatic N) is 2. The smallest absolute Gasteiger partial charge is 0.124 e. The van der Waals surface area contributed by atoms with Crippen LogP contribution in [-0.4, -0.2) is 28.5 Å². The van der Waals surface area contributed by atoms with Crippen LogP contribution in [0.25, 0.3) is 11.0 Å². The maximum atomic E-state index is 5.29. The van der Waals surface area contributed by atoms with Crippen LogP contribution >= 0.6 is 0 Å². The molecule has 0 fully saturated rings. The molecule has 0 saturated carbocycles. The molecule has 1 aliphatic rings. The largest absolute Gasteiger partial charge is 0.497 e. The van der Waals surface area contributed by atoms with Gasteiger partial charge in [0, 0.05) is 19.2 Å². The number of fused-ring (bicyclic) bond motifs is 2. The van der Waals surface area contributed by atoms with Crippen molar-refractivity contribution in [2.45, 2.75) is 25.9 Å². The zero-order valence-corrected chi connectivity index (χ0v) is 13.5. The van der Waals surface area contributed by atoms with E-state index in [9.17, 15) is 0 Å². The lowest BCUT2D eigenvalue weighted by molar-refractivity contribution is 0.186. The molecule has 4 nitrogen and oxygen atoms in total. The maximum Gasteiger partial charge on any atom is 0.124 e. The van der Waals surface area contributed by atoms with E-state index in [0.29, 0.717) is 0 Å². The summed E-state index contributed by atoms with van der Waals surface area (Å²) in [5.41, 5.74) is 4.93. The van der Waals surface area contributed by atoms with Crippen LogP contribution in [0.5, 0.6) is 5.75 Å². The van der Waals surface area contributed by atoms with E-state index in [1.165, 1.54) is 11.1 Å². The number of aromatic nitrogens is 2. The Morgan fingerprint density at radius 2 is 2.00 bits per heavy atom. The lowest BCUT2D eigenvalue weighted by Crippen LogP contribution is -2.33. The fourth-order valence-electron chi connectivity index (χ4n) is 3.35. The van der Waals surface area contributed by atoms with Gasteiger partial charge in [-0.15, -0.1) is 0 Å². The van der Waals surface area contributed by atoms with Gasteiger partial charge in [0.2, 0.25) is 0 Å². The molecule has 0 aliphatic carbocycles. The van der Waals surface area contributed by atoms with Crippen LogP contribution in [0.3, 0.4) is 0 Å². The Labute approximate surface area is 136 Å². The number of methoxy groups -OCH3 is 1. The average Bonchev–Trinajstić information content (AvgIpc) is 3.03. The summed E-state index contributed by atoms with van der Waals surface area (Å²) in [6, 6.07) is 15.0. The Balaban J connectivity index is 1.61. The molecule has 0 spiro atoms. The van der Waals surface area contributed by atoms with E-state index in [0.717, 1.165) is 42.1 Å². The van der Waals surface area contributed by atoms with Gasteiger partial charge in [-0.2, -0.15) is 0 Å². The Morgan fingerprint density at radius 3 is 2.83 bits per heavy atom. The summed E-state index contributed by atoms with van der Waals surface area (Å²) in [6.45, 7) is 4.28. The van der Waals surface area contributed by atoms with Gasteiger partial charge < -0.3 is 9.72 Å². The molecule has 4 heteroatoms. The van der Waals surface area contributed by atoms with E-state index in [1.807, 2.05) is 18.2 Å². The quantitative estimate of drug-likeness (QED) is 0.802. The van der Waals surface area contributed by atoms with Crippen molar-refractivity contribution in [3.05, 3.63) is 59.4 Å². The summed E-state index contributed by atoms with van der Waals surface area (Å²) in [7, 11) is 1.69. The number of H-pyrrole nitrogens is 1. The molecular weight excluding hydrogens is 286 g/mol. The third-order valence-corrected chi connectivity index (χ3v) is 4.81. The summed E-state index contributed by atoms with van der Waals surface area (Å²) in [5, 5.41) is 0. The molecule has 0 saturated heterocycles. The molecule has 0 bridgehead atoms. The van der Waals surface area contributed by atoms with Crippen LogP contribution in [0.15, 0.2) is 42.5 Å². The summed E-state index contributed by atoms with van der Waals surface area (Å²) >= 11 is 0. The van der Waals surface area contributed by atoms with E-state index >= 15 is 0 Å². The summed E-state index contributed by atoms with van der Waals surface area (Å²) < 4.78 is 5.29. The second kappa shape index (κ2) is 5.70. The molecule has 2 heterocycles. The van der Waals surface area contributed by atoms with Gasteiger partial charge in [0.1, 0.15) is 11.6 Å². The molecule has 1 N–H and O–H groups in total. The highest BCUT2D eigenvalue weighted by Gasteiger charge is 2.23. The minimum atomic E-state index is 0.266. The Bertz CT molecular complexity index is 840. The van der Waals surface area contributed by atoms with Gasteiger partial charge >= 0.3 is 0 Å². The second-order valence-electron chi connectivity index (χ2n) is 6.17. The van der Waals surface area contributed by atoms with Gasteiger partial charge in [-0.05, 0) is 36.6 Å². The molecule has 0 radical (unpaired) electrons. The number of hydrogen-bond donors (Lipinski definition) is 1. The third-order valence-electron chi connectivity index (χ3n) is 4.81. The first-order valence-corrected chi connectivity index (χ1v) is 8.09. The van der Waals surface area contributed by atoms with Crippen LogP contribution in [-0.2, 0) is 13.0 Å². The maximum absolute atomic E-state index is 5.29. The van der Waals surface area contributed by atoms with Gasteiger partial charge in [-0.25, -0.2) is 4.98 Å². The lowest BCUT2D eigenvalue weighted by atomic mass is 9.99. The van der Waals surface area contributed by atoms with E-state index in [2.05, 4.69) is 41.1 Å². The van der Waals surface area contributed by atoms with Gasteiger partial charge in [-0.1, -0.05) is 24.3 Å². The van der Waals surface area contributed by atoms with E-state index in [1.54, 1.807) is 7.11 Å². The Kier molecular flexibility index (Phi) is 3.54. The minimum absolute atomic E-state index is 0.266. The summed E-state index contributed by atoms with van der Waals surface area (Å²) in [6.07, 6.45) is 1.11. The molecule has 3 aromatic rings. The zero-order chi connectivity index (χ0) is 15.8. The SMILES string of the molecule is COc1ccc2nc(C(C)N3CCc4ccccc4C3)[nH]c2c1. The van der Waals surface area contributed by atoms with Crippen molar-refractivity contribution >= 4 is 11.0 Å². The van der Waals surface area contributed by atoms with Crippen LogP contribution in [0.1, 0.15) is 29.9 Å². The first-order chi connectivity index (χ1) is 11.2. The molecular formula is C19H21N3O. The Morgan fingerprint density at radius 1 is 1.17 bits per heavy atom. The van der Waals surface area contributed by atoms with Crippen molar-refractivity contribution in [3.8, 4) is 5.75 Å². The van der Waals surface area contributed by atoms with Crippen molar-refractivity contribution in [2.24, 2.45) is 0 Å². The molecule has 2 aromatic carbocycles. The average molecular weight is 307 g/mol. The number of aromatic amines is 1. The van der Waals surface area contributed by atoms with Gasteiger partial charge in [0.05, 0.1) is 24.2 Å². The van der Waals surface area contributed by atoms with Crippen LogP contribution in [0, 0.1) is 0 Å². The molecule has 4 rings (SSSR count). The second-order valence-corrected chi connectivity index (χ2v) is 6.17. The standard InChI is InChI=1S/C19H21N3O/c1-13(22-10-9-14-5-3-4-6-15(14)12-22)19-20-17-8-7-16(23-2)11-18(17)21-19/h3-8,11,13H,9-10,12H2,1-2H3,(H,20,21). The van der Waals surface area contributed by atoms with Crippen molar-refractivity contribution in [1.29, 1.82) is 0 Å². The van der Waals surface area contributed by atoms with Gasteiger partial charge in [-0.3, -0.25) is 4.90 Å². The van der Waals surface area contributed by atoms with Gasteiger partial charge in [0.25, 0.3) is 0 Å². The molecule has 1 unspecified atom stereocenters. The van der Waals surface area contributed by atoms with Crippen molar-refractivity contribution in [1.82, 2.24) is 14.9 Å². The third kappa shape index (κ3) is 2.59. The molecule has 1 aromatic heterocycles. The van der Waals surface area contributed by atoms with Crippen molar-refractivity contribution in [3.63, 3.8) is 0 Å². The normalized spacial score (nSPS) is 16.3. The van der Waals surface area contributed by atoms with Crippen LogP contribution in [0.2, 0.25) is 0 Å². The number of rotatable bonds is 3. The molecule has 118 valence electrons. The fourth-order valence-corrected chi connectivity index (χ4v) is 3.35. The Hall–Kier alpha value is -2.33. The van der Waals surface area contributed by atoms with Gasteiger partial charge in [0.15, 0.2) is 0 Å². The number of nitrogens with one attached hydrogen (secondary N) is 1. The zero-order valence-electron chi connectivity index (χ0n) is 13.5. The molecule has 23 heavy (non-hydrogen) atoms. The van der Waals surface area contributed by atoms with Crippen molar-refractivity contribution in [2.75, 3.05) is 13.7 Å². The van der Waals surface area contributed by atoms with E-state index < -0.39 is 0 Å². The lowest BCUT2D eigenvalue weighted by Gasteiger charge is -2.32. The predicted molar refractivity (Wildman–Crippen MR) is 91.6 cm³/mol. The molecule has 1 aliphatic heterocycles. The number of imidazole rings is 1. The number of hydrogen-bond acceptors (Lipinski definition) is 3. The number of ether oxygens (including phenoxy) is 1. The topological polar surface area (TPSA) is 41.1 Å². The monoisotopic (exact) mass is 307 g/mol. The highest BCUT2D eigenvalue weighted by Crippen LogP contribution is 2.28. The summed E-state index contributed by atoms with van der Waals surface area (Å²) in [5.74, 6) is 1.87. The molecule has 1 atom stereocenters. The van der Waals surface area contributed by atoms with Crippen LogP contribution in [0.4, 0.5) is 0 Å². The number of benzene rings is 2.